The molecule has 0 aliphatic carbocycles. The number of aromatic nitrogens is 2. The molecule has 0 unspecified atom stereocenters. The lowest BCUT2D eigenvalue weighted by Crippen LogP contribution is -2.38. The van der Waals surface area contributed by atoms with Crippen molar-refractivity contribution < 1.29 is 8.42 Å². The summed E-state index contributed by atoms with van der Waals surface area (Å²) in [5, 5.41) is 6.63. The molecule has 0 atom stereocenters. The zero-order valence-corrected chi connectivity index (χ0v) is 14.7. The van der Waals surface area contributed by atoms with E-state index in [-0.39, 0.29) is 6.54 Å². The summed E-state index contributed by atoms with van der Waals surface area (Å²) < 4.78 is 26.8. The lowest BCUT2D eigenvalue weighted by molar-refractivity contribution is 0.560. The van der Waals surface area contributed by atoms with Crippen LogP contribution in [0.3, 0.4) is 0 Å². The third-order valence-electron chi connectivity index (χ3n) is 3.23. The Morgan fingerprint density at radius 2 is 2.10 bits per heavy atom. The molecule has 6 nitrogen and oxygen atoms in total. The molecule has 3 N–H and O–H groups in total. The van der Waals surface area contributed by atoms with Gasteiger partial charge in [0, 0.05) is 23.9 Å². The van der Waals surface area contributed by atoms with E-state index < -0.39 is 14.6 Å². The highest BCUT2D eigenvalue weighted by Crippen LogP contribution is 2.38. The summed E-state index contributed by atoms with van der Waals surface area (Å²) in [6, 6.07) is 0. The molecular formula is C12H18N4O2S3. The highest BCUT2D eigenvalue weighted by Gasteiger charge is 2.30. The van der Waals surface area contributed by atoms with Gasteiger partial charge in [-0.2, -0.15) is 4.37 Å². The van der Waals surface area contributed by atoms with Crippen LogP contribution in [0.1, 0.15) is 19.5 Å². The van der Waals surface area contributed by atoms with Crippen molar-refractivity contribution in [2.45, 2.75) is 25.5 Å². The molecule has 0 bridgehead atoms. The molecule has 9 heteroatoms. The van der Waals surface area contributed by atoms with E-state index in [1.165, 1.54) is 29.1 Å². The summed E-state index contributed by atoms with van der Waals surface area (Å²) in [6.45, 7) is 5.57. The molecule has 0 radical (unpaired) electrons. The van der Waals surface area contributed by atoms with Gasteiger partial charge in [-0.15, -0.1) is 11.3 Å². The van der Waals surface area contributed by atoms with Crippen LogP contribution in [0.25, 0.3) is 10.6 Å². The molecule has 116 valence electrons. The molecule has 0 fully saturated rings. The number of anilines is 2. The standard InChI is InChI=1S/C12H18N4O2S3/c1-7-5-19-11(15-7)8-9(13)16-20-10(8)14-6-12(2,3)21(4,17)18/h5,14H,6H2,1-4H3,(H2,13,16). The van der Waals surface area contributed by atoms with Gasteiger partial charge < -0.3 is 11.1 Å². The molecule has 0 aliphatic rings. The minimum atomic E-state index is -3.16. The smallest absolute Gasteiger partial charge is 0.154 e. The maximum atomic E-state index is 11.8. The predicted molar refractivity (Wildman–Crippen MR) is 89.8 cm³/mol. The molecule has 0 saturated carbocycles. The second kappa shape index (κ2) is 5.54. The number of nitrogens with two attached hydrogens (primary N) is 1. The predicted octanol–water partition coefficient (Wildman–Crippen LogP) is 2.39. The molecule has 0 spiro atoms. The lowest BCUT2D eigenvalue weighted by Gasteiger charge is -2.23. The Bertz CT molecular complexity index is 746. The van der Waals surface area contributed by atoms with Crippen molar-refractivity contribution in [3.05, 3.63) is 11.1 Å². The first kappa shape index (κ1) is 16.2. The van der Waals surface area contributed by atoms with Crippen molar-refractivity contribution in [1.82, 2.24) is 9.36 Å². The number of hydrogen-bond acceptors (Lipinski definition) is 8. The zero-order valence-electron chi connectivity index (χ0n) is 12.3. The van der Waals surface area contributed by atoms with Crippen molar-refractivity contribution in [1.29, 1.82) is 0 Å². The van der Waals surface area contributed by atoms with Crippen LogP contribution in [0.4, 0.5) is 10.8 Å². The monoisotopic (exact) mass is 346 g/mol. The number of sulfone groups is 1. The van der Waals surface area contributed by atoms with Crippen molar-refractivity contribution in [3.63, 3.8) is 0 Å². The summed E-state index contributed by atoms with van der Waals surface area (Å²) in [6.07, 6.45) is 1.24. The van der Waals surface area contributed by atoms with Crippen molar-refractivity contribution in [2.24, 2.45) is 0 Å². The molecule has 0 saturated heterocycles. The maximum Gasteiger partial charge on any atom is 0.154 e. The average molecular weight is 347 g/mol. The van der Waals surface area contributed by atoms with Gasteiger partial charge in [0.1, 0.15) is 15.8 Å². The quantitative estimate of drug-likeness (QED) is 0.862. The van der Waals surface area contributed by atoms with Gasteiger partial charge in [-0.3, -0.25) is 0 Å². The SMILES string of the molecule is Cc1csc(-c2c(N)nsc2NCC(C)(C)S(C)(=O)=O)n1. The number of thiazole rings is 1. The molecule has 2 rings (SSSR count). The molecule has 2 aromatic heterocycles. The van der Waals surface area contributed by atoms with Crippen LogP contribution in [0.5, 0.6) is 0 Å². The minimum absolute atomic E-state index is 0.283. The average Bonchev–Trinajstić information content (AvgIpc) is 2.91. The van der Waals surface area contributed by atoms with Crippen LogP contribution < -0.4 is 11.1 Å². The van der Waals surface area contributed by atoms with Crippen LogP contribution >= 0.6 is 22.9 Å². The number of hydrogen-bond donors (Lipinski definition) is 2. The van der Waals surface area contributed by atoms with Crippen molar-refractivity contribution >= 4 is 43.5 Å². The summed E-state index contributed by atoms with van der Waals surface area (Å²) in [5.74, 6) is 0.411. The third-order valence-corrected chi connectivity index (χ3v) is 7.18. The first-order valence-electron chi connectivity index (χ1n) is 6.23. The van der Waals surface area contributed by atoms with Crippen molar-refractivity contribution in [2.75, 3.05) is 23.9 Å². The Morgan fingerprint density at radius 3 is 2.62 bits per heavy atom. The molecule has 2 heterocycles. The topological polar surface area (TPSA) is 98.0 Å². The minimum Gasteiger partial charge on any atom is -0.382 e. The number of nitrogen functional groups attached to an aromatic ring is 1. The van der Waals surface area contributed by atoms with Crippen molar-refractivity contribution in [3.8, 4) is 10.6 Å². The van der Waals surface area contributed by atoms with Crippen LogP contribution in [0.15, 0.2) is 5.38 Å². The van der Waals surface area contributed by atoms with E-state index in [0.717, 1.165) is 21.3 Å². The lowest BCUT2D eigenvalue weighted by atomic mass is 10.2. The fourth-order valence-corrected chi connectivity index (χ4v) is 3.49. The summed E-state index contributed by atoms with van der Waals surface area (Å²) >= 11 is 2.71. The van der Waals surface area contributed by atoms with Crippen LogP contribution in [-0.4, -0.2) is 35.3 Å². The Morgan fingerprint density at radius 1 is 1.43 bits per heavy atom. The highest BCUT2D eigenvalue weighted by atomic mass is 32.2. The molecular weight excluding hydrogens is 328 g/mol. The zero-order chi connectivity index (χ0) is 15.8. The first-order valence-corrected chi connectivity index (χ1v) is 9.77. The van der Waals surface area contributed by atoms with E-state index in [4.69, 9.17) is 5.73 Å². The Labute approximate surface area is 132 Å². The highest BCUT2D eigenvalue weighted by molar-refractivity contribution is 7.92. The van der Waals surface area contributed by atoms with E-state index >= 15 is 0 Å². The Hall–Kier alpha value is -1.19. The van der Waals surface area contributed by atoms with Crippen LogP contribution in [0.2, 0.25) is 0 Å². The van der Waals surface area contributed by atoms with E-state index in [0.29, 0.717) is 5.82 Å². The number of nitrogens with zero attached hydrogens (tertiary/aromatic N) is 2. The third kappa shape index (κ3) is 3.35. The van der Waals surface area contributed by atoms with Gasteiger partial charge in [-0.25, -0.2) is 13.4 Å². The first-order chi connectivity index (χ1) is 9.62. The van der Waals surface area contributed by atoms with Crippen LogP contribution in [0, 0.1) is 6.92 Å². The van der Waals surface area contributed by atoms with E-state index in [1.54, 1.807) is 13.8 Å². The Kier molecular flexibility index (Phi) is 4.27. The van der Waals surface area contributed by atoms with Gasteiger partial charge in [0.05, 0.1) is 10.3 Å². The van der Waals surface area contributed by atoms with Gasteiger partial charge >= 0.3 is 0 Å². The largest absolute Gasteiger partial charge is 0.382 e. The van der Waals surface area contributed by atoms with E-state index in [9.17, 15) is 8.42 Å². The fraction of sp³-hybridized carbons (Fsp3) is 0.500. The van der Waals surface area contributed by atoms with Gasteiger partial charge in [0.25, 0.3) is 0 Å². The second-order valence-corrected chi connectivity index (χ2v) is 9.73. The van der Waals surface area contributed by atoms with E-state index in [2.05, 4.69) is 14.7 Å². The number of nitrogens with one attached hydrogen (secondary N) is 1. The van der Waals surface area contributed by atoms with Gasteiger partial charge in [0.2, 0.25) is 0 Å². The molecule has 21 heavy (non-hydrogen) atoms. The van der Waals surface area contributed by atoms with Gasteiger partial charge in [-0.05, 0) is 32.3 Å². The normalized spacial score (nSPS) is 12.6. The summed E-state index contributed by atoms with van der Waals surface area (Å²) in [5.41, 5.74) is 7.59. The summed E-state index contributed by atoms with van der Waals surface area (Å²) in [7, 11) is -3.16. The van der Waals surface area contributed by atoms with Crippen LogP contribution in [-0.2, 0) is 9.84 Å². The number of aryl methyl sites for hydroxylation is 1. The second-order valence-electron chi connectivity index (χ2n) is 5.45. The molecule has 0 aliphatic heterocycles. The molecule has 0 aromatic carbocycles. The maximum absolute atomic E-state index is 11.8. The Balaban J connectivity index is 2.27. The molecule has 0 amide bonds. The van der Waals surface area contributed by atoms with E-state index in [1.807, 2.05) is 12.3 Å². The number of rotatable bonds is 5. The van der Waals surface area contributed by atoms with Gasteiger partial charge in [-0.1, -0.05) is 0 Å². The molecule has 2 aromatic rings. The fourth-order valence-electron chi connectivity index (χ4n) is 1.52. The summed E-state index contributed by atoms with van der Waals surface area (Å²) in [4.78, 5) is 4.41. The van der Waals surface area contributed by atoms with Gasteiger partial charge in [0.15, 0.2) is 9.84 Å².